The molecule has 1 saturated heterocycles. The van der Waals surface area contributed by atoms with Gasteiger partial charge in [-0.05, 0) is 38.5 Å². The average Bonchev–Trinajstić information content (AvgIpc) is 2.38. The summed E-state index contributed by atoms with van der Waals surface area (Å²) in [4.78, 5) is 14.2. The van der Waals surface area contributed by atoms with Crippen molar-refractivity contribution < 1.29 is 17.9 Å². The smallest absolute Gasteiger partial charge is 0.238 e. The number of anilines is 1. The quantitative estimate of drug-likeness (QED) is 0.839. The molecule has 1 aromatic carbocycles. The van der Waals surface area contributed by atoms with E-state index in [1.165, 1.54) is 6.07 Å². The van der Waals surface area contributed by atoms with E-state index in [9.17, 15) is 13.2 Å². The number of nitrogens with one attached hydrogen (secondary N) is 1. The summed E-state index contributed by atoms with van der Waals surface area (Å²) < 4.78 is 28.7. The average molecular weight is 341 g/mol. The number of amides is 1. The van der Waals surface area contributed by atoms with Crippen LogP contribution in [0.2, 0.25) is 0 Å². The highest BCUT2D eigenvalue weighted by atomic mass is 32.2. The predicted octanol–water partition coefficient (Wildman–Crippen LogP) is 0.690. The molecule has 2 atom stereocenters. The van der Waals surface area contributed by atoms with Gasteiger partial charge in [-0.1, -0.05) is 6.07 Å². The standard InChI is InChI=1S/C15H23N3O4S/c1-10-4-5-13(6-14(10)23(16,20)21)17-15(19)9-18-7-11(2)22-12(3)8-18/h4-6,11-12H,7-9H2,1-3H3,(H,17,19)(H2,16,20,21)/t11-,12+. The lowest BCUT2D eigenvalue weighted by molar-refractivity contribution is -0.121. The molecule has 0 spiro atoms. The Labute approximate surface area is 136 Å². The van der Waals surface area contributed by atoms with Gasteiger partial charge in [-0.2, -0.15) is 0 Å². The largest absolute Gasteiger partial charge is 0.373 e. The maximum absolute atomic E-state index is 12.2. The number of nitrogens with zero attached hydrogens (tertiary/aromatic N) is 1. The summed E-state index contributed by atoms with van der Waals surface area (Å²) in [5.41, 5.74) is 0.959. The Bertz CT molecular complexity index is 680. The second-order valence-electron chi connectivity index (χ2n) is 6.02. The van der Waals surface area contributed by atoms with E-state index in [0.29, 0.717) is 24.3 Å². The van der Waals surface area contributed by atoms with Gasteiger partial charge in [-0.15, -0.1) is 0 Å². The van der Waals surface area contributed by atoms with Gasteiger partial charge in [-0.25, -0.2) is 13.6 Å². The number of ether oxygens (including phenoxy) is 1. The minimum absolute atomic E-state index is 0.0175. The van der Waals surface area contributed by atoms with Gasteiger partial charge >= 0.3 is 0 Å². The van der Waals surface area contributed by atoms with E-state index in [-0.39, 0.29) is 29.6 Å². The van der Waals surface area contributed by atoms with Crippen molar-refractivity contribution in [2.45, 2.75) is 37.9 Å². The molecule has 1 aromatic rings. The molecule has 0 bridgehead atoms. The van der Waals surface area contributed by atoms with E-state index in [1.54, 1.807) is 19.1 Å². The van der Waals surface area contributed by atoms with Crippen molar-refractivity contribution in [2.24, 2.45) is 5.14 Å². The minimum atomic E-state index is -3.81. The Morgan fingerprint density at radius 1 is 1.35 bits per heavy atom. The number of benzene rings is 1. The van der Waals surface area contributed by atoms with Crippen LogP contribution in [0.25, 0.3) is 0 Å². The summed E-state index contributed by atoms with van der Waals surface area (Å²) >= 11 is 0. The fourth-order valence-corrected chi connectivity index (χ4v) is 3.61. The van der Waals surface area contributed by atoms with Crippen molar-refractivity contribution in [3.05, 3.63) is 23.8 Å². The number of morpholine rings is 1. The van der Waals surface area contributed by atoms with Crippen molar-refractivity contribution >= 4 is 21.6 Å². The van der Waals surface area contributed by atoms with Crippen molar-refractivity contribution in [1.82, 2.24) is 4.90 Å². The number of primary sulfonamides is 1. The Morgan fingerprint density at radius 2 is 1.96 bits per heavy atom. The van der Waals surface area contributed by atoms with Gasteiger partial charge < -0.3 is 10.1 Å². The lowest BCUT2D eigenvalue weighted by Gasteiger charge is -2.34. The second kappa shape index (κ2) is 6.96. The first-order valence-corrected chi connectivity index (χ1v) is 9.01. The van der Waals surface area contributed by atoms with E-state index < -0.39 is 10.0 Å². The molecule has 8 heteroatoms. The van der Waals surface area contributed by atoms with Crippen LogP contribution in [-0.4, -0.2) is 51.1 Å². The van der Waals surface area contributed by atoms with E-state index >= 15 is 0 Å². The Balaban J connectivity index is 2.03. The third-order valence-electron chi connectivity index (χ3n) is 3.64. The molecule has 1 aliphatic heterocycles. The van der Waals surface area contributed by atoms with E-state index in [2.05, 4.69) is 5.32 Å². The lowest BCUT2D eigenvalue weighted by Crippen LogP contribution is -2.48. The highest BCUT2D eigenvalue weighted by Crippen LogP contribution is 2.19. The third kappa shape index (κ3) is 5.00. The number of rotatable bonds is 4. The van der Waals surface area contributed by atoms with Crippen LogP contribution in [0.15, 0.2) is 23.1 Å². The minimum Gasteiger partial charge on any atom is -0.373 e. The van der Waals surface area contributed by atoms with Crippen molar-refractivity contribution in [2.75, 3.05) is 25.0 Å². The number of sulfonamides is 1. The van der Waals surface area contributed by atoms with Gasteiger partial charge in [0.25, 0.3) is 0 Å². The Kier molecular flexibility index (Phi) is 5.41. The number of carbonyl (C=O) groups excluding carboxylic acids is 1. The van der Waals surface area contributed by atoms with Crippen LogP contribution in [0.4, 0.5) is 5.69 Å². The molecule has 0 aromatic heterocycles. The molecule has 0 saturated carbocycles. The SMILES string of the molecule is Cc1ccc(NC(=O)CN2C[C@@H](C)O[C@@H](C)C2)cc1S(N)(=O)=O. The fraction of sp³-hybridized carbons (Fsp3) is 0.533. The molecule has 3 N–H and O–H groups in total. The first-order valence-electron chi connectivity index (χ1n) is 7.46. The number of carbonyl (C=O) groups is 1. The lowest BCUT2D eigenvalue weighted by atomic mass is 10.2. The van der Waals surface area contributed by atoms with Crippen LogP contribution < -0.4 is 10.5 Å². The van der Waals surface area contributed by atoms with Gasteiger partial charge in [0.15, 0.2) is 0 Å². The van der Waals surface area contributed by atoms with Crippen LogP contribution in [0.5, 0.6) is 0 Å². The predicted molar refractivity (Wildman–Crippen MR) is 87.6 cm³/mol. The van der Waals surface area contributed by atoms with Gasteiger partial charge in [0.1, 0.15) is 0 Å². The molecule has 1 aliphatic rings. The van der Waals surface area contributed by atoms with Crippen LogP contribution in [0.1, 0.15) is 19.4 Å². The zero-order valence-corrected chi connectivity index (χ0v) is 14.4. The zero-order chi connectivity index (χ0) is 17.2. The summed E-state index contributed by atoms with van der Waals surface area (Å²) in [6.07, 6.45) is 0.167. The van der Waals surface area contributed by atoms with Crippen LogP contribution in [-0.2, 0) is 19.6 Å². The van der Waals surface area contributed by atoms with Gasteiger partial charge in [0, 0.05) is 18.8 Å². The van der Waals surface area contributed by atoms with E-state index in [1.807, 2.05) is 18.7 Å². The molecule has 2 rings (SSSR count). The normalized spacial score (nSPS) is 22.8. The summed E-state index contributed by atoms with van der Waals surface area (Å²) in [6, 6.07) is 4.66. The molecule has 7 nitrogen and oxygen atoms in total. The van der Waals surface area contributed by atoms with Crippen molar-refractivity contribution in [1.29, 1.82) is 0 Å². The maximum atomic E-state index is 12.2. The Morgan fingerprint density at radius 3 is 2.52 bits per heavy atom. The first-order chi connectivity index (χ1) is 10.6. The number of aryl methyl sites for hydroxylation is 1. The molecule has 128 valence electrons. The van der Waals surface area contributed by atoms with E-state index in [4.69, 9.17) is 9.88 Å². The summed E-state index contributed by atoms with van der Waals surface area (Å²) in [5, 5.41) is 7.89. The summed E-state index contributed by atoms with van der Waals surface area (Å²) in [5.74, 6) is -0.199. The van der Waals surface area contributed by atoms with E-state index in [0.717, 1.165) is 0 Å². The topological polar surface area (TPSA) is 102 Å². The highest BCUT2D eigenvalue weighted by molar-refractivity contribution is 7.89. The first kappa shape index (κ1) is 17.9. The summed E-state index contributed by atoms with van der Waals surface area (Å²) in [7, 11) is -3.81. The van der Waals surface area contributed by atoms with Crippen molar-refractivity contribution in [3.8, 4) is 0 Å². The molecule has 0 aliphatic carbocycles. The van der Waals surface area contributed by atoms with Gasteiger partial charge in [0.2, 0.25) is 15.9 Å². The number of nitrogens with two attached hydrogens (primary N) is 1. The van der Waals surface area contributed by atoms with Gasteiger partial charge in [-0.3, -0.25) is 9.69 Å². The molecular formula is C15H23N3O4S. The molecule has 1 fully saturated rings. The zero-order valence-electron chi connectivity index (χ0n) is 13.6. The van der Waals surface area contributed by atoms with Crippen molar-refractivity contribution in [3.63, 3.8) is 0 Å². The van der Waals surface area contributed by atoms with Gasteiger partial charge in [0.05, 0.1) is 23.6 Å². The third-order valence-corrected chi connectivity index (χ3v) is 4.69. The van der Waals surface area contributed by atoms with Crippen LogP contribution in [0, 0.1) is 6.92 Å². The number of hydrogen-bond acceptors (Lipinski definition) is 5. The molecular weight excluding hydrogens is 318 g/mol. The van der Waals surface area contributed by atoms with Crippen LogP contribution in [0.3, 0.4) is 0 Å². The summed E-state index contributed by atoms with van der Waals surface area (Å²) in [6.45, 7) is 7.21. The highest BCUT2D eigenvalue weighted by Gasteiger charge is 2.23. The van der Waals surface area contributed by atoms with Crippen LogP contribution >= 0.6 is 0 Å². The maximum Gasteiger partial charge on any atom is 0.238 e. The Hall–Kier alpha value is -1.48. The molecule has 0 unspecified atom stereocenters. The monoisotopic (exact) mass is 341 g/mol. The molecule has 23 heavy (non-hydrogen) atoms. The molecule has 1 heterocycles. The molecule has 1 amide bonds. The molecule has 0 radical (unpaired) electrons. The second-order valence-corrected chi connectivity index (χ2v) is 7.55. The fourth-order valence-electron chi connectivity index (χ4n) is 2.80. The number of hydrogen-bond donors (Lipinski definition) is 2.